The molecule has 2 N–H and O–H groups in total. The number of hydrogen-bond donors (Lipinski definition) is 2. The molecule has 6 heteroatoms. The first-order chi connectivity index (χ1) is 14.5. The standard InChI is InChI=1S/C24H27N3O3/c1-4-27(16-23(28)25-20-11-13-22(30-3)14-12-20)17(2)24(29)26-21-10-9-18-7-5-6-8-19(18)15-21/h5-15,17H,4,16H2,1-3H3,(H,25,28)(H,26,29)/t17-/m1/s1. The van der Waals surface area contributed by atoms with Crippen molar-refractivity contribution in [2.24, 2.45) is 0 Å². The van der Waals surface area contributed by atoms with Crippen LogP contribution >= 0.6 is 0 Å². The van der Waals surface area contributed by atoms with Gasteiger partial charge in [0.05, 0.1) is 19.7 Å². The van der Waals surface area contributed by atoms with Crippen LogP contribution in [-0.4, -0.2) is 43.0 Å². The minimum Gasteiger partial charge on any atom is -0.497 e. The molecule has 3 rings (SSSR count). The molecule has 0 aliphatic carbocycles. The number of nitrogens with one attached hydrogen (secondary N) is 2. The predicted octanol–water partition coefficient (Wildman–Crippen LogP) is 4.14. The van der Waals surface area contributed by atoms with Crippen molar-refractivity contribution in [3.05, 3.63) is 66.7 Å². The van der Waals surface area contributed by atoms with Gasteiger partial charge in [0.2, 0.25) is 11.8 Å². The van der Waals surface area contributed by atoms with Gasteiger partial charge in [0.25, 0.3) is 0 Å². The molecule has 0 aliphatic heterocycles. The second-order valence-corrected chi connectivity index (χ2v) is 7.07. The van der Waals surface area contributed by atoms with Crippen LogP contribution in [0.15, 0.2) is 66.7 Å². The number of amides is 2. The number of nitrogens with zero attached hydrogens (tertiary/aromatic N) is 1. The Morgan fingerprint density at radius 3 is 2.27 bits per heavy atom. The highest BCUT2D eigenvalue weighted by Gasteiger charge is 2.22. The molecule has 0 radical (unpaired) electrons. The largest absolute Gasteiger partial charge is 0.497 e. The molecule has 0 heterocycles. The van der Waals surface area contributed by atoms with Crippen molar-refractivity contribution < 1.29 is 14.3 Å². The fourth-order valence-electron chi connectivity index (χ4n) is 3.26. The topological polar surface area (TPSA) is 70.7 Å². The number of anilines is 2. The smallest absolute Gasteiger partial charge is 0.241 e. The van der Waals surface area contributed by atoms with Crippen molar-refractivity contribution in [2.75, 3.05) is 30.8 Å². The Morgan fingerprint density at radius 2 is 1.60 bits per heavy atom. The van der Waals surface area contributed by atoms with Crippen LogP contribution in [-0.2, 0) is 9.59 Å². The van der Waals surface area contributed by atoms with E-state index >= 15 is 0 Å². The Hall–Kier alpha value is -3.38. The van der Waals surface area contributed by atoms with E-state index in [9.17, 15) is 9.59 Å². The van der Waals surface area contributed by atoms with Crippen LogP contribution in [0.25, 0.3) is 10.8 Å². The Bertz CT molecular complexity index is 1020. The lowest BCUT2D eigenvalue weighted by atomic mass is 10.1. The predicted molar refractivity (Wildman–Crippen MR) is 121 cm³/mol. The Balaban J connectivity index is 1.59. The second kappa shape index (κ2) is 9.89. The molecular weight excluding hydrogens is 378 g/mol. The Kier molecular flexibility index (Phi) is 7.03. The summed E-state index contributed by atoms with van der Waals surface area (Å²) in [6, 6.07) is 20.5. The van der Waals surface area contributed by atoms with Crippen molar-refractivity contribution in [3.8, 4) is 5.75 Å². The molecule has 0 saturated carbocycles. The maximum Gasteiger partial charge on any atom is 0.241 e. The van der Waals surface area contributed by atoms with Gasteiger partial charge in [0.1, 0.15) is 5.75 Å². The molecule has 0 spiro atoms. The first-order valence-corrected chi connectivity index (χ1v) is 9.97. The Morgan fingerprint density at radius 1 is 0.933 bits per heavy atom. The molecule has 156 valence electrons. The summed E-state index contributed by atoms with van der Waals surface area (Å²) in [7, 11) is 1.59. The highest BCUT2D eigenvalue weighted by Crippen LogP contribution is 2.19. The van der Waals surface area contributed by atoms with Crippen molar-refractivity contribution >= 4 is 34.0 Å². The molecule has 0 saturated heterocycles. The number of hydrogen-bond acceptors (Lipinski definition) is 4. The summed E-state index contributed by atoms with van der Waals surface area (Å²) in [5.74, 6) is 0.402. The van der Waals surface area contributed by atoms with Crippen molar-refractivity contribution in [1.29, 1.82) is 0 Å². The summed E-state index contributed by atoms with van der Waals surface area (Å²) in [4.78, 5) is 27.0. The maximum absolute atomic E-state index is 12.8. The van der Waals surface area contributed by atoms with E-state index in [1.54, 1.807) is 38.3 Å². The number of rotatable bonds is 8. The lowest BCUT2D eigenvalue weighted by Crippen LogP contribution is -2.45. The first-order valence-electron chi connectivity index (χ1n) is 9.97. The van der Waals surface area contributed by atoms with E-state index in [0.29, 0.717) is 12.2 Å². The van der Waals surface area contributed by atoms with Crippen LogP contribution in [0.4, 0.5) is 11.4 Å². The number of ether oxygens (including phenoxy) is 1. The van der Waals surface area contributed by atoms with Gasteiger partial charge in [-0.3, -0.25) is 14.5 Å². The van der Waals surface area contributed by atoms with Gasteiger partial charge in [-0.15, -0.1) is 0 Å². The van der Waals surface area contributed by atoms with Gasteiger partial charge in [0.15, 0.2) is 0 Å². The first kappa shape index (κ1) is 21.3. The van der Waals surface area contributed by atoms with Gasteiger partial charge in [-0.05, 0) is 60.6 Å². The minimum atomic E-state index is -0.455. The lowest BCUT2D eigenvalue weighted by molar-refractivity contribution is -0.123. The summed E-state index contributed by atoms with van der Waals surface area (Å²) >= 11 is 0. The van der Waals surface area contributed by atoms with Crippen LogP contribution in [0, 0.1) is 0 Å². The van der Waals surface area contributed by atoms with Crippen LogP contribution in [0.3, 0.4) is 0 Å². The van der Waals surface area contributed by atoms with Gasteiger partial charge in [-0.25, -0.2) is 0 Å². The highest BCUT2D eigenvalue weighted by molar-refractivity contribution is 5.98. The van der Waals surface area contributed by atoms with E-state index in [0.717, 1.165) is 22.2 Å². The SMILES string of the molecule is CCN(CC(=O)Nc1ccc(OC)cc1)[C@H](C)C(=O)Nc1ccc2ccccc2c1. The van der Waals surface area contributed by atoms with Crippen molar-refractivity contribution in [3.63, 3.8) is 0 Å². The van der Waals surface area contributed by atoms with Gasteiger partial charge >= 0.3 is 0 Å². The summed E-state index contributed by atoms with van der Waals surface area (Å²) in [5.41, 5.74) is 1.43. The summed E-state index contributed by atoms with van der Waals surface area (Å²) in [6.07, 6.45) is 0. The highest BCUT2D eigenvalue weighted by atomic mass is 16.5. The Labute approximate surface area is 176 Å². The van der Waals surface area contributed by atoms with E-state index in [-0.39, 0.29) is 18.4 Å². The number of carbonyl (C=O) groups is 2. The number of methoxy groups -OCH3 is 1. The normalized spacial score (nSPS) is 11.9. The third-order valence-electron chi connectivity index (χ3n) is 5.07. The molecule has 0 aliphatic rings. The molecule has 6 nitrogen and oxygen atoms in total. The summed E-state index contributed by atoms with van der Waals surface area (Å²) in [5, 5.41) is 8.00. The number of fused-ring (bicyclic) bond motifs is 1. The van der Waals surface area contributed by atoms with Crippen LogP contribution in [0.5, 0.6) is 5.75 Å². The van der Waals surface area contributed by atoms with E-state index in [2.05, 4.69) is 10.6 Å². The molecule has 0 fully saturated rings. The number of likely N-dealkylation sites (N-methyl/N-ethyl adjacent to an activating group) is 1. The minimum absolute atomic E-state index is 0.120. The maximum atomic E-state index is 12.8. The van der Waals surface area contributed by atoms with Crippen LogP contribution in [0.1, 0.15) is 13.8 Å². The van der Waals surface area contributed by atoms with Gasteiger partial charge in [0, 0.05) is 11.4 Å². The average molecular weight is 405 g/mol. The van der Waals surface area contributed by atoms with Crippen LogP contribution in [0.2, 0.25) is 0 Å². The number of benzene rings is 3. The lowest BCUT2D eigenvalue weighted by Gasteiger charge is -2.26. The summed E-state index contributed by atoms with van der Waals surface area (Å²) < 4.78 is 5.12. The third kappa shape index (κ3) is 5.36. The molecule has 2 amide bonds. The van der Waals surface area contributed by atoms with Crippen molar-refractivity contribution in [1.82, 2.24) is 4.90 Å². The molecule has 1 atom stereocenters. The van der Waals surface area contributed by atoms with E-state index < -0.39 is 6.04 Å². The zero-order valence-corrected chi connectivity index (χ0v) is 17.5. The third-order valence-corrected chi connectivity index (χ3v) is 5.07. The molecule has 3 aromatic carbocycles. The quantitative estimate of drug-likeness (QED) is 0.591. The zero-order valence-electron chi connectivity index (χ0n) is 17.5. The van der Waals surface area contributed by atoms with Gasteiger partial charge in [-0.2, -0.15) is 0 Å². The van der Waals surface area contributed by atoms with Gasteiger partial charge < -0.3 is 15.4 Å². The number of carbonyl (C=O) groups excluding carboxylic acids is 2. The molecule has 3 aromatic rings. The summed E-state index contributed by atoms with van der Waals surface area (Å²) in [6.45, 7) is 4.43. The monoisotopic (exact) mass is 405 g/mol. The average Bonchev–Trinajstić information content (AvgIpc) is 2.77. The van der Waals surface area contributed by atoms with E-state index in [1.807, 2.05) is 54.3 Å². The fraction of sp³-hybridized carbons (Fsp3) is 0.250. The molecule has 30 heavy (non-hydrogen) atoms. The molecule has 0 aromatic heterocycles. The van der Waals surface area contributed by atoms with Crippen LogP contribution < -0.4 is 15.4 Å². The molecule has 0 unspecified atom stereocenters. The van der Waals surface area contributed by atoms with E-state index in [1.165, 1.54) is 0 Å². The fourth-order valence-corrected chi connectivity index (χ4v) is 3.26. The van der Waals surface area contributed by atoms with Gasteiger partial charge in [-0.1, -0.05) is 37.3 Å². The second-order valence-electron chi connectivity index (χ2n) is 7.07. The molecule has 0 bridgehead atoms. The molecular formula is C24H27N3O3. The van der Waals surface area contributed by atoms with E-state index in [4.69, 9.17) is 4.74 Å². The van der Waals surface area contributed by atoms with Crippen molar-refractivity contribution in [2.45, 2.75) is 19.9 Å². The zero-order chi connectivity index (χ0) is 21.5.